The van der Waals surface area contributed by atoms with Gasteiger partial charge in [0, 0.05) is 32.0 Å². The number of nitrogens with one attached hydrogen (secondary N) is 1. The molecule has 114 valence electrons. The molecule has 0 saturated carbocycles. The highest BCUT2D eigenvalue weighted by Gasteiger charge is 2.25. The lowest BCUT2D eigenvalue weighted by Crippen LogP contribution is -2.47. The molecule has 1 aliphatic rings. The second kappa shape index (κ2) is 7.72. The van der Waals surface area contributed by atoms with Crippen LogP contribution >= 0.6 is 0 Å². The molecule has 0 aromatic rings. The molecule has 4 N–H and O–H groups in total. The maximum absolute atomic E-state index is 11.9. The smallest absolute Gasteiger partial charge is 0.317 e. The van der Waals surface area contributed by atoms with E-state index in [1.807, 2.05) is 6.92 Å². The van der Waals surface area contributed by atoms with E-state index in [9.17, 15) is 14.4 Å². The molecule has 7 heteroatoms. The molecule has 0 spiro atoms. The molecule has 1 heterocycles. The van der Waals surface area contributed by atoms with Crippen LogP contribution in [0.2, 0.25) is 0 Å². The highest BCUT2D eigenvalue weighted by Crippen LogP contribution is 2.16. The molecule has 3 amide bonds. The number of primary amides is 1. The Morgan fingerprint density at radius 1 is 1.35 bits per heavy atom. The maximum atomic E-state index is 11.9. The van der Waals surface area contributed by atoms with Gasteiger partial charge in [0.1, 0.15) is 0 Å². The average molecular weight is 285 g/mol. The molecule has 0 aromatic carbocycles. The van der Waals surface area contributed by atoms with Crippen molar-refractivity contribution in [1.82, 2.24) is 10.2 Å². The van der Waals surface area contributed by atoms with Crippen molar-refractivity contribution in [3.05, 3.63) is 0 Å². The van der Waals surface area contributed by atoms with Crippen LogP contribution in [0.5, 0.6) is 0 Å². The van der Waals surface area contributed by atoms with Crippen molar-refractivity contribution in [3.8, 4) is 0 Å². The van der Waals surface area contributed by atoms with Crippen molar-refractivity contribution in [3.63, 3.8) is 0 Å². The van der Waals surface area contributed by atoms with Crippen LogP contribution in [0, 0.1) is 11.8 Å². The number of nitrogens with zero attached hydrogens (tertiary/aromatic N) is 1. The third kappa shape index (κ3) is 5.46. The number of aliphatic carboxylic acids is 1. The highest BCUT2D eigenvalue weighted by atomic mass is 16.4. The predicted molar refractivity (Wildman–Crippen MR) is 72.9 cm³/mol. The number of hydrogen-bond donors (Lipinski definition) is 3. The molecule has 1 saturated heterocycles. The highest BCUT2D eigenvalue weighted by molar-refractivity contribution is 5.78. The van der Waals surface area contributed by atoms with Gasteiger partial charge in [0.25, 0.3) is 0 Å². The Balaban J connectivity index is 2.23. The summed E-state index contributed by atoms with van der Waals surface area (Å²) in [4.78, 5) is 35.0. The predicted octanol–water partition coefficient (Wildman–Crippen LogP) is 0.394. The van der Waals surface area contributed by atoms with Gasteiger partial charge in [-0.25, -0.2) is 4.79 Å². The van der Waals surface area contributed by atoms with E-state index in [2.05, 4.69) is 5.32 Å². The zero-order valence-electron chi connectivity index (χ0n) is 11.8. The zero-order chi connectivity index (χ0) is 15.1. The number of nitrogens with two attached hydrogens (primary N) is 1. The number of amides is 3. The first-order valence-corrected chi connectivity index (χ1v) is 6.94. The molecule has 7 nitrogen and oxygen atoms in total. The van der Waals surface area contributed by atoms with Gasteiger partial charge in [-0.05, 0) is 25.2 Å². The third-order valence-electron chi connectivity index (χ3n) is 3.64. The minimum Gasteiger partial charge on any atom is -0.481 e. The molecule has 1 rings (SSSR count). The SMILES string of the molecule is CC(CCC(=O)O)CNC(=O)N1CCC(C(N)=O)CC1. The summed E-state index contributed by atoms with van der Waals surface area (Å²) in [6, 6.07) is -0.157. The summed E-state index contributed by atoms with van der Waals surface area (Å²) in [5, 5.41) is 11.4. The number of rotatable bonds is 6. The van der Waals surface area contributed by atoms with Gasteiger partial charge in [-0.2, -0.15) is 0 Å². The van der Waals surface area contributed by atoms with Crippen molar-refractivity contribution in [1.29, 1.82) is 0 Å². The fourth-order valence-electron chi connectivity index (χ4n) is 2.21. The number of urea groups is 1. The lowest BCUT2D eigenvalue weighted by Gasteiger charge is -2.30. The number of carboxylic acid groups (broad SMARTS) is 1. The minimum absolute atomic E-state index is 0.112. The van der Waals surface area contributed by atoms with Gasteiger partial charge in [-0.1, -0.05) is 6.92 Å². The Hall–Kier alpha value is -1.79. The van der Waals surface area contributed by atoms with Crippen LogP contribution in [-0.4, -0.2) is 47.5 Å². The number of carbonyl (C=O) groups excluding carboxylic acids is 2. The van der Waals surface area contributed by atoms with Gasteiger partial charge in [0.15, 0.2) is 0 Å². The average Bonchev–Trinajstić information content (AvgIpc) is 2.42. The van der Waals surface area contributed by atoms with Gasteiger partial charge in [0.05, 0.1) is 0 Å². The summed E-state index contributed by atoms with van der Waals surface area (Å²) < 4.78 is 0. The minimum atomic E-state index is -0.822. The molecule has 0 aliphatic carbocycles. The van der Waals surface area contributed by atoms with E-state index in [4.69, 9.17) is 10.8 Å². The van der Waals surface area contributed by atoms with E-state index in [1.165, 1.54) is 0 Å². The largest absolute Gasteiger partial charge is 0.481 e. The number of piperidine rings is 1. The normalized spacial score (nSPS) is 17.6. The fourth-order valence-corrected chi connectivity index (χ4v) is 2.21. The number of hydrogen-bond acceptors (Lipinski definition) is 3. The van der Waals surface area contributed by atoms with Crippen LogP contribution in [0.3, 0.4) is 0 Å². The summed E-state index contributed by atoms with van der Waals surface area (Å²) >= 11 is 0. The zero-order valence-corrected chi connectivity index (χ0v) is 11.8. The summed E-state index contributed by atoms with van der Waals surface area (Å²) in [6.07, 6.45) is 1.87. The summed E-state index contributed by atoms with van der Waals surface area (Å²) in [5.74, 6) is -1.13. The number of carboxylic acids is 1. The van der Waals surface area contributed by atoms with Gasteiger partial charge in [-0.3, -0.25) is 9.59 Å². The summed E-state index contributed by atoms with van der Waals surface area (Å²) in [5.41, 5.74) is 5.24. The molecule has 1 aliphatic heterocycles. The van der Waals surface area contributed by atoms with Gasteiger partial charge >= 0.3 is 12.0 Å². The van der Waals surface area contributed by atoms with Crippen LogP contribution in [0.1, 0.15) is 32.6 Å². The topological polar surface area (TPSA) is 113 Å². The number of likely N-dealkylation sites (tertiary alicyclic amines) is 1. The van der Waals surface area contributed by atoms with Crippen molar-refractivity contribution in [2.75, 3.05) is 19.6 Å². The number of carbonyl (C=O) groups is 3. The van der Waals surface area contributed by atoms with Crippen molar-refractivity contribution in [2.24, 2.45) is 17.6 Å². The summed E-state index contributed by atoms with van der Waals surface area (Å²) in [6.45, 7) is 3.43. The van der Waals surface area contributed by atoms with Gasteiger partial charge in [-0.15, -0.1) is 0 Å². The molecule has 1 unspecified atom stereocenters. The summed E-state index contributed by atoms with van der Waals surface area (Å²) in [7, 11) is 0. The molecule has 0 aromatic heterocycles. The molecular formula is C13H23N3O4. The van der Waals surface area contributed by atoms with Crippen molar-refractivity contribution < 1.29 is 19.5 Å². The molecule has 1 atom stereocenters. The second-order valence-electron chi connectivity index (χ2n) is 5.39. The first kappa shape index (κ1) is 16.3. The fraction of sp³-hybridized carbons (Fsp3) is 0.769. The van der Waals surface area contributed by atoms with Crippen LogP contribution in [0.15, 0.2) is 0 Å². The van der Waals surface area contributed by atoms with Crippen LogP contribution < -0.4 is 11.1 Å². The van der Waals surface area contributed by atoms with E-state index < -0.39 is 5.97 Å². The van der Waals surface area contributed by atoms with E-state index in [-0.39, 0.29) is 30.2 Å². The molecule has 0 bridgehead atoms. The Labute approximate surface area is 118 Å². The van der Waals surface area contributed by atoms with Crippen LogP contribution in [0.25, 0.3) is 0 Å². The van der Waals surface area contributed by atoms with Gasteiger partial charge < -0.3 is 21.1 Å². The standard InChI is InChI=1S/C13H23N3O4/c1-9(2-3-11(17)18)8-15-13(20)16-6-4-10(5-7-16)12(14)19/h9-10H,2-8H2,1H3,(H2,14,19)(H,15,20)(H,17,18). The van der Waals surface area contributed by atoms with Crippen LogP contribution in [-0.2, 0) is 9.59 Å². The first-order chi connectivity index (χ1) is 9.40. The van der Waals surface area contributed by atoms with E-state index >= 15 is 0 Å². The molecule has 20 heavy (non-hydrogen) atoms. The Morgan fingerprint density at radius 2 is 1.95 bits per heavy atom. The van der Waals surface area contributed by atoms with Gasteiger partial charge in [0.2, 0.25) is 5.91 Å². The van der Waals surface area contributed by atoms with Crippen molar-refractivity contribution >= 4 is 17.9 Å². The van der Waals surface area contributed by atoms with Crippen molar-refractivity contribution in [2.45, 2.75) is 32.6 Å². The molecule has 0 radical (unpaired) electrons. The molecular weight excluding hydrogens is 262 g/mol. The van der Waals surface area contributed by atoms with E-state index in [0.29, 0.717) is 38.9 Å². The molecule has 1 fully saturated rings. The maximum Gasteiger partial charge on any atom is 0.317 e. The van der Waals surface area contributed by atoms with E-state index in [1.54, 1.807) is 4.90 Å². The quantitative estimate of drug-likeness (QED) is 0.655. The third-order valence-corrected chi connectivity index (χ3v) is 3.64. The second-order valence-corrected chi connectivity index (χ2v) is 5.39. The Morgan fingerprint density at radius 3 is 2.45 bits per heavy atom. The lowest BCUT2D eigenvalue weighted by molar-refractivity contribution is -0.137. The monoisotopic (exact) mass is 285 g/mol. The lowest BCUT2D eigenvalue weighted by atomic mass is 9.96. The van der Waals surface area contributed by atoms with Crippen LogP contribution in [0.4, 0.5) is 4.79 Å². The Kier molecular flexibility index (Phi) is 6.27. The Bertz CT molecular complexity index is 365. The first-order valence-electron chi connectivity index (χ1n) is 6.94. The van der Waals surface area contributed by atoms with E-state index in [0.717, 1.165) is 0 Å².